The molecule has 0 aromatic carbocycles. The summed E-state index contributed by atoms with van der Waals surface area (Å²) in [6.07, 6.45) is 3.16. The van der Waals surface area contributed by atoms with Gasteiger partial charge in [-0.15, -0.1) is 0 Å². The summed E-state index contributed by atoms with van der Waals surface area (Å²) in [7, 11) is -1.38. The van der Waals surface area contributed by atoms with Gasteiger partial charge < -0.3 is 5.32 Å². The van der Waals surface area contributed by atoms with Crippen LogP contribution in [0.15, 0.2) is 0 Å². The van der Waals surface area contributed by atoms with E-state index in [0.29, 0.717) is 19.0 Å². The molecule has 1 unspecified atom stereocenters. The van der Waals surface area contributed by atoms with Crippen molar-refractivity contribution < 1.29 is 8.42 Å². The quantitative estimate of drug-likeness (QED) is 0.607. The van der Waals surface area contributed by atoms with E-state index in [1.54, 1.807) is 14.0 Å². The first-order chi connectivity index (χ1) is 7.40. The second-order valence-electron chi connectivity index (χ2n) is 4.70. The van der Waals surface area contributed by atoms with Gasteiger partial charge in [0.25, 0.3) is 0 Å². The SMILES string of the molecule is CNCC(C)S(=O)(=O)NCCCCC(C)C. The van der Waals surface area contributed by atoms with Crippen LogP contribution in [0.3, 0.4) is 0 Å². The molecule has 0 heterocycles. The average molecular weight is 250 g/mol. The molecule has 4 nitrogen and oxygen atoms in total. The summed E-state index contributed by atoms with van der Waals surface area (Å²) >= 11 is 0. The molecule has 0 rings (SSSR count). The Morgan fingerprint density at radius 1 is 1.12 bits per heavy atom. The maximum absolute atomic E-state index is 11.7. The van der Waals surface area contributed by atoms with Crippen molar-refractivity contribution in [3.05, 3.63) is 0 Å². The molecule has 0 spiro atoms. The summed E-state index contributed by atoms with van der Waals surface area (Å²) in [5, 5.41) is 2.50. The molecule has 0 aliphatic carbocycles. The van der Waals surface area contributed by atoms with Crippen molar-refractivity contribution in [1.82, 2.24) is 10.0 Å². The Hall–Kier alpha value is -0.130. The van der Waals surface area contributed by atoms with E-state index in [4.69, 9.17) is 0 Å². The van der Waals surface area contributed by atoms with Gasteiger partial charge >= 0.3 is 0 Å². The molecule has 0 aliphatic heterocycles. The summed E-state index contributed by atoms with van der Waals surface area (Å²) in [4.78, 5) is 0. The Morgan fingerprint density at radius 3 is 2.25 bits per heavy atom. The van der Waals surface area contributed by atoms with Gasteiger partial charge in [-0.1, -0.05) is 26.7 Å². The van der Waals surface area contributed by atoms with E-state index >= 15 is 0 Å². The summed E-state index contributed by atoms with van der Waals surface area (Å²) < 4.78 is 26.0. The predicted molar refractivity (Wildman–Crippen MR) is 69.0 cm³/mol. The lowest BCUT2D eigenvalue weighted by Crippen LogP contribution is -2.38. The van der Waals surface area contributed by atoms with Gasteiger partial charge in [-0.25, -0.2) is 13.1 Å². The summed E-state index contributed by atoms with van der Waals surface area (Å²) in [5.41, 5.74) is 0. The Labute approximate surface area is 100 Å². The third-order valence-corrected chi connectivity index (χ3v) is 4.37. The molecule has 0 bridgehead atoms. The van der Waals surface area contributed by atoms with Gasteiger partial charge in [-0.2, -0.15) is 0 Å². The molecular weight excluding hydrogens is 224 g/mol. The van der Waals surface area contributed by atoms with Crippen molar-refractivity contribution in [2.24, 2.45) is 5.92 Å². The van der Waals surface area contributed by atoms with Crippen LogP contribution in [-0.2, 0) is 10.0 Å². The highest BCUT2D eigenvalue weighted by molar-refractivity contribution is 7.90. The molecule has 0 saturated carbocycles. The lowest BCUT2D eigenvalue weighted by Gasteiger charge is -2.13. The Balaban J connectivity index is 3.74. The highest BCUT2D eigenvalue weighted by atomic mass is 32.2. The molecule has 0 saturated heterocycles. The zero-order chi connectivity index (χ0) is 12.6. The number of hydrogen-bond acceptors (Lipinski definition) is 3. The molecule has 2 N–H and O–H groups in total. The minimum absolute atomic E-state index is 0.373. The molecule has 5 heteroatoms. The molecule has 0 aromatic rings. The third-order valence-electron chi connectivity index (χ3n) is 2.53. The Morgan fingerprint density at radius 2 is 1.75 bits per heavy atom. The van der Waals surface area contributed by atoms with Crippen molar-refractivity contribution in [1.29, 1.82) is 0 Å². The van der Waals surface area contributed by atoms with Gasteiger partial charge in [0.1, 0.15) is 0 Å². The fraction of sp³-hybridized carbons (Fsp3) is 1.00. The van der Waals surface area contributed by atoms with Gasteiger partial charge in [0.15, 0.2) is 0 Å². The maximum Gasteiger partial charge on any atom is 0.215 e. The van der Waals surface area contributed by atoms with Gasteiger partial charge in [0.2, 0.25) is 10.0 Å². The first kappa shape index (κ1) is 15.9. The lowest BCUT2D eigenvalue weighted by atomic mass is 10.1. The number of rotatable bonds is 9. The van der Waals surface area contributed by atoms with Gasteiger partial charge in [0, 0.05) is 13.1 Å². The maximum atomic E-state index is 11.7. The average Bonchev–Trinajstić information content (AvgIpc) is 2.17. The van der Waals surface area contributed by atoms with E-state index in [0.717, 1.165) is 19.3 Å². The van der Waals surface area contributed by atoms with Crippen LogP contribution >= 0.6 is 0 Å². The smallest absolute Gasteiger partial charge is 0.215 e. The predicted octanol–water partition coefficient (Wildman–Crippen LogP) is 1.34. The summed E-state index contributed by atoms with van der Waals surface area (Å²) in [6.45, 7) is 7.12. The van der Waals surface area contributed by atoms with E-state index in [9.17, 15) is 8.42 Å². The van der Waals surface area contributed by atoms with E-state index in [2.05, 4.69) is 23.9 Å². The lowest BCUT2D eigenvalue weighted by molar-refractivity contribution is 0.527. The molecule has 0 radical (unpaired) electrons. The molecule has 98 valence electrons. The normalized spacial score (nSPS) is 14.3. The van der Waals surface area contributed by atoms with Crippen molar-refractivity contribution in [3.63, 3.8) is 0 Å². The van der Waals surface area contributed by atoms with Crippen molar-refractivity contribution >= 4 is 10.0 Å². The van der Waals surface area contributed by atoms with E-state index in [1.165, 1.54) is 0 Å². The Bertz CT molecular complexity index is 263. The number of hydrogen-bond donors (Lipinski definition) is 2. The van der Waals surface area contributed by atoms with Crippen LogP contribution in [0.5, 0.6) is 0 Å². The minimum Gasteiger partial charge on any atom is -0.318 e. The van der Waals surface area contributed by atoms with Crippen LogP contribution in [0.4, 0.5) is 0 Å². The first-order valence-corrected chi connectivity index (χ1v) is 7.58. The summed E-state index contributed by atoms with van der Waals surface area (Å²) in [5.74, 6) is 0.694. The van der Waals surface area contributed by atoms with Gasteiger partial charge in [0.05, 0.1) is 5.25 Å². The van der Waals surface area contributed by atoms with E-state index < -0.39 is 10.0 Å². The standard InChI is InChI=1S/C11H26N2O2S/c1-10(2)7-5-6-8-13-16(14,15)11(3)9-12-4/h10-13H,5-9H2,1-4H3. The highest BCUT2D eigenvalue weighted by Crippen LogP contribution is 2.05. The molecule has 1 atom stereocenters. The fourth-order valence-corrected chi connectivity index (χ4v) is 2.53. The topological polar surface area (TPSA) is 58.2 Å². The van der Waals surface area contributed by atoms with Crippen LogP contribution in [0, 0.1) is 5.92 Å². The van der Waals surface area contributed by atoms with Crippen LogP contribution < -0.4 is 10.0 Å². The van der Waals surface area contributed by atoms with Gasteiger partial charge in [-0.3, -0.25) is 0 Å². The van der Waals surface area contributed by atoms with Crippen molar-refractivity contribution in [2.75, 3.05) is 20.1 Å². The molecular formula is C11H26N2O2S. The molecule has 0 aromatic heterocycles. The monoisotopic (exact) mass is 250 g/mol. The molecule has 0 aliphatic rings. The summed E-state index contributed by atoms with van der Waals surface area (Å²) in [6, 6.07) is 0. The third kappa shape index (κ3) is 7.19. The first-order valence-electron chi connectivity index (χ1n) is 6.03. The molecule has 16 heavy (non-hydrogen) atoms. The second-order valence-corrected chi connectivity index (χ2v) is 6.88. The fourth-order valence-electron chi connectivity index (χ4n) is 1.43. The number of nitrogens with one attached hydrogen (secondary N) is 2. The molecule has 0 fully saturated rings. The van der Waals surface area contributed by atoms with Crippen LogP contribution in [0.1, 0.15) is 40.0 Å². The van der Waals surface area contributed by atoms with Crippen molar-refractivity contribution in [3.8, 4) is 0 Å². The number of unbranched alkanes of at least 4 members (excludes halogenated alkanes) is 1. The number of sulfonamides is 1. The van der Waals surface area contributed by atoms with Gasteiger partial charge in [-0.05, 0) is 26.3 Å². The molecule has 0 amide bonds. The highest BCUT2D eigenvalue weighted by Gasteiger charge is 2.18. The second kappa shape index (κ2) is 8.03. The Kier molecular flexibility index (Phi) is 7.97. The zero-order valence-electron chi connectivity index (χ0n) is 10.9. The minimum atomic E-state index is -3.14. The van der Waals surface area contributed by atoms with Crippen LogP contribution in [0.25, 0.3) is 0 Å². The largest absolute Gasteiger partial charge is 0.318 e. The zero-order valence-corrected chi connectivity index (χ0v) is 11.7. The van der Waals surface area contributed by atoms with E-state index in [1.807, 2.05) is 0 Å². The van der Waals surface area contributed by atoms with Crippen LogP contribution in [0.2, 0.25) is 0 Å². The van der Waals surface area contributed by atoms with E-state index in [-0.39, 0.29) is 5.25 Å². The van der Waals surface area contributed by atoms with Crippen molar-refractivity contribution in [2.45, 2.75) is 45.3 Å². The van der Waals surface area contributed by atoms with Crippen LogP contribution in [-0.4, -0.2) is 33.8 Å².